The minimum atomic E-state index is -0.244. The van der Waals surface area contributed by atoms with Crippen LogP contribution in [0.3, 0.4) is 0 Å². The second-order valence-electron chi connectivity index (χ2n) is 5.99. The lowest BCUT2D eigenvalue weighted by atomic mass is 9.82. The second-order valence-corrected chi connectivity index (χ2v) is 5.99. The number of nitrogens with one attached hydrogen (secondary N) is 1. The molecule has 0 aliphatic heterocycles. The van der Waals surface area contributed by atoms with Crippen LogP contribution in [0.5, 0.6) is 0 Å². The number of fused-ring (bicyclic) bond motifs is 1. The number of carbonyl (C=O) groups is 1. The van der Waals surface area contributed by atoms with E-state index in [1.54, 1.807) is 6.20 Å². The van der Waals surface area contributed by atoms with Crippen LogP contribution in [0, 0.1) is 0 Å². The van der Waals surface area contributed by atoms with Crippen LogP contribution < -0.4 is 11.1 Å². The highest BCUT2D eigenvalue weighted by molar-refractivity contribution is 6.05. The summed E-state index contributed by atoms with van der Waals surface area (Å²) in [5.74, 6) is -0.0882. The van der Waals surface area contributed by atoms with E-state index in [9.17, 15) is 4.79 Å². The Morgan fingerprint density at radius 2 is 1.83 bits per heavy atom. The van der Waals surface area contributed by atoms with E-state index in [0.717, 1.165) is 36.6 Å². The van der Waals surface area contributed by atoms with Crippen LogP contribution in [0.1, 0.15) is 42.5 Å². The molecule has 1 aliphatic carbocycles. The molecule has 0 atom stereocenters. The zero-order valence-corrected chi connectivity index (χ0v) is 14.6. The van der Waals surface area contributed by atoms with Crippen LogP contribution in [0.25, 0.3) is 10.9 Å². The van der Waals surface area contributed by atoms with Crippen LogP contribution in [-0.4, -0.2) is 23.0 Å². The molecule has 4 nitrogen and oxygen atoms in total. The van der Waals surface area contributed by atoms with Gasteiger partial charge in [-0.15, -0.1) is 24.8 Å². The van der Waals surface area contributed by atoms with Gasteiger partial charge in [-0.05, 0) is 25.0 Å². The third-order valence-corrected chi connectivity index (χ3v) is 4.33. The summed E-state index contributed by atoms with van der Waals surface area (Å²) in [6, 6.07) is 9.50. The molecule has 0 saturated heterocycles. The largest absolute Gasteiger partial charge is 0.350 e. The highest BCUT2D eigenvalue weighted by Crippen LogP contribution is 2.25. The third kappa shape index (κ3) is 4.56. The summed E-state index contributed by atoms with van der Waals surface area (Å²) in [7, 11) is 0. The van der Waals surface area contributed by atoms with Crippen molar-refractivity contribution >= 4 is 41.6 Å². The van der Waals surface area contributed by atoms with Crippen molar-refractivity contribution in [2.24, 2.45) is 5.73 Å². The Kier molecular flexibility index (Phi) is 7.26. The van der Waals surface area contributed by atoms with Gasteiger partial charge in [0.2, 0.25) is 0 Å². The van der Waals surface area contributed by atoms with Gasteiger partial charge in [0.25, 0.3) is 5.91 Å². The highest BCUT2D eigenvalue weighted by atomic mass is 35.5. The second kappa shape index (κ2) is 8.48. The molecule has 23 heavy (non-hydrogen) atoms. The van der Waals surface area contributed by atoms with Gasteiger partial charge in [0.1, 0.15) is 0 Å². The molecular formula is C17H23Cl2N3O. The fraction of sp³-hybridized carbons (Fsp3) is 0.412. The molecule has 1 aromatic heterocycles. The van der Waals surface area contributed by atoms with Gasteiger partial charge in [0.05, 0.1) is 11.1 Å². The molecule has 3 rings (SSSR count). The number of benzene rings is 1. The first kappa shape index (κ1) is 19.7. The van der Waals surface area contributed by atoms with Crippen LogP contribution >= 0.6 is 24.8 Å². The average molecular weight is 356 g/mol. The van der Waals surface area contributed by atoms with Crippen molar-refractivity contribution in [3.8, 4) is 0 Å². The Balaban J connectivity index is 0.00000132. The standard InChI is InChI=1S/C17H21N3O.2ClH/c18-17(9-2-1-3-10-17)12-20-16(21)14-8-4-6-13-7-5-11-19-15(13)14;;/h4-8,11H,1-3,9-10,12,18H2,(H,20,21);2*1H. The SMILES string of the molecule is Cl.Cl.NC1(CNC(=O)c2cccc3cccnc23)CCCCC1. The van der Waals surface area contributed by atoms with Gasteiger partial charge < -0.3 is 11.1 Å². The van der Waals surface area contributed by atoms with Crippen molar-refractivity contribution in [1.82, 2.24) is 10.3 Å². The maximum absolute atomic E-state index is 12.4. The monoisotopic (exact) mass is 355 g/mol. The van der Waals surface area contributed by atoms with Crippen molar-refractivity contribution in [3.05, 3.63) is 42.1 Å². The lowest BCUT2D eigenvalue weighted by Crippen LogP contribution is -2.51. The fourth-order valence-corrected chi connectivity index (χ4v) is 3.07. The zero-order valence-electron chi connectivity index (χ0n) is 13.0. The van der Waals surface area contributed by atoms with Crippen LogP contribution in [-0.2, 0) is 0 Å². The Hall–Kier alpha value is -1.36. The number of nitrogens with zero attached hydrogens (tertiary/aromatic N) is 1. The van der Waals surface area contributed by atoms with Crippen molar-refractivity contribution in [2.45, 2.75) is 37.6 Å². The van der Waals surface area contributed by atoms with Crippen molar-refractivity contribution < 1.29 is 4.79 Å². The van der Waals surface area contributed by atoms with E-state index >= 15 is 0 Å². The minimum absolute atomic E-state index is 0. The summed E-state index contributed by atoms with van der Waals surface area (Å²) in [5.41, 5.74) is 7.48. The lowest BCUT2D eigenvalue weighted by Gasteiger charge is -2.33. The smallest absolute Gasteiger partial charge is 0.253 e. The molecule has 0 unspecified atom stereocenters. The normalized spacial score (nSPS) is 16.0. The molecule has 2 aromatic rings. The van der Waals surface area contributed by atoms with Gasteiger partial charge in [-0.2, -0.15) is 0 Å². The van der Waals surface area contributed by atoms with Gasteiger partial charge in [-0.1, -0.05) is 37.5 Å². The number of hydrogen-bond donors (Lipinski definition) is 2. The number of amides is 1. The third-order valence-electron chi connectivity index (χ3n) is 4.33. The van der Waals surface area contributed by atoms with Gasteiger partial charge in [0, 0.05) is 23.7 Å². The maximum atomic E-state index is 12.4. The van der Waals surface area contributed by atoms with Crippen molar-refractivity contribution in [1.29, 1.82) is 0 Å². The van der Waals surface area contributed by atoms with Gasteiger partial charge in [-0.25, -0.2) is 0 Å². The summed E-state index contributed by atoms with van der Waals surface area (Å²) in [4.78, 5) is 16.8. The van der Waals surface area contributed by atoms with E-state index in [-0.39, 0.29) is 36.3 Å². The van der Waals surface area contributed by atoms with E-state index in [1.165, 1.54) is 6.42 Å². The predicted octanol–water partition coefficient (Wildman–Crippen LogP) is 3.47. The molecule has 3 N–H and O–H groups in total. The Morgan fingerprint density at radius 1 is 1.13 bits per heavy atom. The van der Waals surface area contributed by atoms with Crippen LogP contribution in [0.15, 0.2) is 36.5 Å². The van der Waals surface area contributed by atoms with E-state index < -0.39 is 0 Å². The number of rotatable bonds is 3. The van der Waals surface area contributed by atoms with E-state index in [2.05, 4.69) is 10.3 Å². The molecule has 1 saturated carbocycles. The topological polar surface area (TPSA) is 68.0 Å². The molecule has 0 bridgehead atoms. The number of pyridine rings is 1. The first-order valence-corrected chi connectivity index (χ1v) is 7.59. The molecule has 1 amide bonds. The highest BCUT2D eigenvalue weighted by Gasteiger charge is 2.28. The van der Waals surface area contributed by atoms with Crippen molar-refractivity contribution in [2.75, 3.05) is 6.54 Å². The number of hydrogen-bond acceptors (Lipinski definition) is 3. The van der Waals surface area contributed by atoms with Crippen LogP contribution in [0.2, 0.25) is 0 Å². The number of carbonyl (C=O) groups excluding carboxylic acids is 1. The first-order chi connectivity index (χ1) is 10.2. The molecule has 6 heteroatoms. The molecule has 126 valence electrons. The maximum Gasteiger partial charge on any atom is 0.253 e. The Labute approximate surface area is 149 Å². The zero-order chi connectivity index (χ0) is 14.7. The molecule has 0 spiro atoms. The first-order valence-electron chi connectivity index (χ1n) is 7.59. The number of aromatic nitrogens is 1. The molecule has 1 aromatic carbocycles. The number of para-hydroxylation sites is 1. The Bertz CT molecular complexity index is 652. The molecule has 0 radical (unpaired) electrons. The fourth-order valence-electron chi connectivity index (χ4n) is 3.07. The molecule has 1 aliphatic rings. The van der Waals surface area contributed by atoms with Crippen molar-refractivity contribution in [3.63, 3.8) is 0 Å². The van der Waals surface area contributed by atoms with Crippen LogP contribution in [0.4, 0.5) is 0 Å². The number of nitrogens with two attached hydrogens (primary N) is 1. The predicted molar refractivity (Wildman–Crippen MR) is 98.6 cm³/mol. The van der Waals surface area contributed by atoms with E-state index in [1.807, 2.05) is 30.3 Å². The van der Waals surface area contributed by atoms with E-state index in [0.29, 0.717) is 12.1 Å². The summed E-state index contributed by atoms with van der Waals surface area (Å²) < 4.78 is 0. The lowest BCUT2D eigenvalue weighted by molar-refractivity contribution is 0.0939. The quantitative estimate of drug-likeness (QED) is 0.885. The summed E-state index contributed by atoms with van der Waals surface area (Å²) in [5, 5.41) is 3.97. The average Bonchev–Trinajstić information content (AvgIpc) is 2.53. The Morgan fingerprint density at radius 3 is 2.57 bits per heavy atom. The molecule has 1 heterocycles. The summed E-state index contributed by atoms with van der Waals surface area (Å²) >= 11 is 0. The summed E-state index contributed by atoms with van der Waals surface area (Å²) in [6.45, 7) is 0.537. The van der Waals surface area contributed by atoms with E-state index in [4.69, 9.17) is 5.73 Å². The summed E-state index contributed by atoms with van der Waals surface area (Å²) in [6.07, 6.45) is 7.25. The van der Waals surface area contributed by atoms with Gasteiger partial charge in [0.15, 0.2) is 0 Å². The molecular weight excluding hydrogens is 333 g/mol. The number of halogens is 2. The molecule has 1 fully saturated rings. The van der Waals surface area contributed by atoms with Gasteiger partial charge in [-0.3, -0.25) is 9.78 Å². The van der Waals surface area contributed by atoms with Gasteiger partial charge >= 0.3 is 0 Å². The minimum Gasteiger partial charge on any atom is -0.350 e.